The lowest BCUT2D eigenvalue weighted by Crippen LogP contribution is -2.35. The molecule has 0 fully saturated rings. The summed E-state index contributed by atoms with van der Waals surface area (Å²) in [6.07, 6.45) is 0. The van der Waals surface area contributed by atoms with E-state index in [-0.39, 0.29) is 18.6 Å². The maximum Gasteiger partial charge on any atom is 0.246 e. The Balaban J connectivity index is 2.61. The third-order valence-corrected chi connectivity index (χ3v) is 2.05. The molecule has 15 heavy (non-hydrogen) atoms. The van der Waals surface area contributed by atoms with Gasteiger partial charge in [0.2, 0.25) is 5.91 Å². The number of hydrogen-bond acceptors (Lipinski definition) is 3. The Bertz CT molecular complexity index is 301. The fraction of sp³-hybridized carbons (Fsp3) is 0.364. The summed E-state index contributed by atoms with van der Waals surface area (Å²) in [6, 6.07) is 9.48. The molecule has 1 rings (SSSR count). The molecule has 0 heterocycles. The Labute approximate surface area is 89.4 Å². The van der Waals surface area contributed by atoms with Crippen LogP contribution in [0, 0.1) is 0 Å². The first-order valence-electron chi connectivity index (χ1n) is 4.81. The van der Waals surface area contributed by atoms with Gasteiger partial charge in [0.1, 0.15) is 6.61 Å². The van der Waals surface area contributed by atoms with Crippen LogP contribution in [0.5, 0.6) is 0 Å². The van der Waals surface area contributed by atoms with Gasteiger partial charge in [0.05, 0.1) is 6.04 Å². The van der Waals surface area contributed by atoms with Crippen LogP contribution >= 0.6 is 0 Å². The van der Waals surface area contributed by atoms with Crippen LogP contribution in [0.4, 0.5) is 0 Å². The second-order valence-electron chi connectivity index (χ2n) is 3.20. The van der Waals surface area contributed by atoms with Crippen LogP contribution in [-0.4, -0.2) is 26.2 Å². The number of nitrogens with two attached hydrogens (primary N) is 1. The number of nitrogens with one attached hydrogen (secondary N) is 1. The van der Waals surface area contributed by atoms with Crippen LogP contribution in [0.3, 0.4) is 0 Å². The number of hydrogen-bond donors (Lipinski definition) is 2. The van der Waals surface area contributed by atoms with Gasteiger partial charge in [-0.3, -0.25) is 4.79 Å². The van der Waals surface area contributed by atoms with Crippen LogP contribution in [0.1, 0.15) is 11.6 Å². The average molecular weight is 208 g/mol. The van der Waals surface area contributed by atoms with E-state index in [0.717, 1.165) is 5.56 Å². The van der Waals surface area contributed by atoms with E-state index in [1.165, 1.54) is 7.11 Å². The number of benzene rings is 1. The van der Waals surface area contributed by atoms with E-state index in [1.807, 2.05) is 30.3 Å². The lowest BCUT2D eigenvalue weighted by Gasteiger charge is -2.16. The fourth-order valence-corrected chi connectivity index (χ4v) is 1.33. The molecule has 0 bridgehead atoms. The molecule has 4 heteroatoms. The number of carbonyl (C=O) groups is 1. The molecule has 1 aromatic rings. The molecule has 0 aliphatic heterocycles. The summed E-state index contributed by atoms with van der Waals surface area (Å²) in [6.45, 7) is 0.433. The molecular formula is C11H16N2O2. The first-order chi connectivity index (χ1) is 7.27. The second kappa shape index (κ2) is 6.16. The average Bonchev–Trinajstić information content (AvgIpc) is 2.27. The highest BCUT2D eigenvalue weighted by molar-refractivity contribution is 5.77. The molecule has 1 amide bonds. The summed E-state index contributed by atoms with van der Waals surface area (Å²) in [4.78, 5) is 11.3. The molecule has 1 aromatic carbocycles. The first kappa shape index (κ1) is 11.7. The molecule has 3 N–H and O–H groups in total. The van der Waals surface area contributed by atoms with Crippen molar-refractivity contribution >= 4 is 5.91 Å². The summed E-state index contributed by atoms with van der Waals surface area (Å²) in [5.41, 5.74) is 6.60. The van der Waals surface area contributed by atoms with Crippen molar-refractivity contribution in [2.75, 3.05) is 20.3 Å². The molecule has 4 nitrogen and oxygen atoms in total. The van der Waals surface area contributed by atoms with Crippen molar-refractivity contribution in [3.05, 3.63) is 35.9 Å². The monoisotopic (exact) mass is 208 g/mol. The lowest BCUT2D eigenvalue weighted by molar-refractivity contribution is -0.125. The Kier molecular flexibility index (Phi) is 4.80. The third kappa shape index (κ3) is 3.69. The predicted molar refractivity (Wildman–Crippen MR) is 58.3 cm³/mol. The SMILES string of the molecule is COCC(=O)N[C@H](CN)c1ccccc1. The third-order valence-electron chi connectivity index (χ3n) is 2.05. The van der Waals surface area contributed by atoms with Gasteiger partial charge in [-0.1, -0.05) is 30.3 Å². The molecule has 82 valence electrons. The van der Waals surface area contributed by atoms with Crippen LogP contribution in [-0.2, 0) is 9.53 Å². The van der Waals surface area contributed by atoms with E-state index in [9.17, 15) is 4.79 Å². The Morgan fingerprint density at radius 2 is 2.13 bits per heavy atom. The summed E-state index contributed by atoms with van der Waals surface area (Å²) in [5.74, 6) is -0.156. The molecule has 0 aromatic heterocycles. The van der Waals surface area contributed by atoms with E-state index in [0.29, 0.717) is 6.54 Å². The van der Waals surface area contributed by atoms with Gasteiger partial charge in [0.25, 0.3) is 0 Å². The normalized spacial score (nSPS) is 12.1. The standard InChI is InChI=1S/C11H16N2O2/c1-15-8-11(14)13-10(7-12)9-5-3-2-4-6-9/h2-6,10H,7-8,12H2,1H3,(H,13,14)/t10-/m1/s1. The van der Waals surface area contributed by atoms with Crippen molar-refractivity contribution in [2.24, 2.45) is 5.73 Å². The highest BCUT2D eigenvalue weighted by atomic mass is 16.5. The van der Waals surface area contributed by atoms with Crippen molar-refractivity contribution in [1.82, 2.24) is 5.32 Å². The highest BCUT2D eigenvalue weighted by Gasteiger charge is 2.11. The minimum Gasteiger partial charge on any atom is -0.375 e. The van der Waals surface area contributed by atoms with Gasteiger partial charge >= 0.3 is 0 Å². The molecule has 0 saturated heterocycles. The highest BCUT2D eigenvalue weighted by Crippen LogP contribution is 2.10. The van der Waals surface area contributed by atoms with Gasteiger partial charge in [-0.25, -0.2) is 0 Å². The maximum atomic E-state index is 11.3. The zero-order chi connectivity index (χ0) is 11.1. The van der Waals surface area contributed by atoms with Crippen LogP contribution in [0.15, 0.2) is 30.3 Å². The summed E-state index contributed by atoms with van der Waals surface area (Å²) in [5, 5.41) is 2.79. The molecule has 0 radical (unpaired) electrons. The maximum absolute atomic E-state index is 11.3. The van der Waals surface area contributed by atoms with Crippen molar-refractivity contribution in [3.63, 3.8) is 0 Å². The minimum atomic E-state index is -0.156. The summed E-state index contributed by atoms with van der Waals surface area (Å²) in [7, 11) is 1.49. The number of carbonyl (C=O) groups excluding carboxylic acids is 1. The van der Waals surface area contributed by atoms with Crippen molar-refractivity contribution in [3.8, 4) is 0 Å². The Morgan fingerprint density at radius 1 is 1.47 bits per heavy atom. The molecule has 0 spiro atoms. The fourth-order valence-electron chi connectivity index (χ4n) is 1.33. The lowest BCUT2D eigenvalue weighted by atomic mass is 10.1. The van der Waals surface area contributed by atoms with Crippen molar-refractivity contribution in [1.29, 1.82) is 0 Å². The van der Waals surface area contributed by atoms with Gasteiger partial charge < -0.3 is 15.8 Å². The molecule has 0 aliphatic rings. The quantitative estimate of drug-likeness (QED) is 0.738. The molecular weight excluding hydrogens is 192 g/mol. The van der Waals surface area contributed by atoms with E-state index in [2.05, 4.69) is 5.32 Å². The zero-order valence-electron chi connectivity index (χ0n) is 8.77. The zero-order valence-corrected chi connectivity index (χ0v) is 8.77. The topological polar surface area (TPSA) is 64.3 Å². The minimum absolute atomic E-state index is 0.0589. The van der Waals surface area contributed by atoms with Gasteiger partial charge in [-0.2, -0.15) is 0 Å². The van der Waals surface area contributed by atoms with Crippen LogP contribution in [0.2, 0.25) is 0 Å². The van der Waals surface area contributed by atoms with Crippen LogP contribution in [0.25, 0.3) is 0 Å². The smallest absolute Gasteiger partial charge is 0.246 e. The van der Waals surface area contributed by atoms with E-state index < -0.39 is 0 Å². The number of amides is 1. The molecule has 0 unspecified atom stereocenters. The van der Waals surface area contributed by atoms with E-state index in [4.69, 9.17) is 10.5 Å². The number of rotatable bonds is 5. The first-order valence-corrected chi connectivity index (χ1v) is 4.81. The van der Waals surface area contributed by atoms with Gasteiger partial charge in [-0.05, 0) is 5.56 Å². The van der Waals surface area contributed by atoms with Gasteiger partial charge in [0, 0.05) is 13.7 Å². The molecule has 1 atom stereocenters. The van der Waals surface area contributed by atoms with E-state index >= 15 is 0 Å². The van der Waals surface area contributed by atoms with E-state index in [1.54, 1.807) is 0 Å². The number of ether oxygens (including phenoxy) is 1. The number of methoxy groups -OCH3 is 1. The van der Waals surface area contributed by atoms with Crippen molar-refractivity contribution in [2.45, 2.75) is 6.04 Å². The summed E-state index contributed by atoms with van der Waals surface area (Å²) >= 11 is 0. The van der Waals surface area contributed by atoms with Crippen molar-refractivity contribution < 1.29 is 9.53 Å². The van der Waals surface area contributed by atoms with Crippen LogP contribution < -0.4 is 11.1 Å². The predicted octanol–water partition coefficient (Wildman–Crippen LogP) is 0.449. The van der Waals surface area contributed by atoms with Gasteiger partial charge in [-0.15, -0.1) is 0 Å². The molecule has 0 aliphatic carbocycles. The molecule has 0 saturated carbocycles. The Morgan fingerprint density at radius 3 is 2.67 bits per heavy atom. The van der Waals surface area contributed by atoms with Gasteiger partial charge in [0.15, 0.2) is 0 Å². The Hall–Kier alpha value is -1.39. The summed E-state index contributed by atoms with van der Waals surface area (Å²) < 4.78 is 4.73. The second-order valence-corrected chi connectivity index (χ2v) is 3.20. The largest absolute Gasteiger partial charge is 0.375 e.